The van der Waals surface area contributed by atoms with Crippen molar-refractivity contribution in [3.05, 3.63) is 108 Å². The number of hydrogen-bond donors (Lipinski definition) is 2. The summed E-state index contributed by atoms with van der Waals surface area (Å²) in [4.78, 5) is 75.8. The number of Topliss-reactive ketones (excluding diaryl/α,β-unsaturated/α-hetero) is 2. The van der Waals surface area contributed by atoms with Gasteiger partial charge in [-0.15, -0.1) is 12.4 Å². The minimum Gasteiger partial charge on any atom is -0.494 e. The normalized spacial score (nSPS) is 14.2. The number of nitrogens with zero attached hydrogens (tertiary/aromatic N) is 3. The highest BCUT2D eigenvalue weighted by Crippen LogP contribution is 2.25. The summed E-state index contributed by atoms with van der Waals surface area (Å²) in [7, 11) is 5.45. The van der Waals surface area contributed by atoms with Crippen LogP contribution in [0.25, 0.3) is 22.3 Å². The van der Waals surface area contributed by atoms with Crippen molar-refractivity contribution in [1.29, 1.82) is 0 Å². The number of carboxylic acids is 1. The first-order valence-electron chi connectivity index (χ1n) is 24.0. The summed E-state index contributed by atoms with van der Waals surface area (Å²) < 4.78 is 31.5. The largest absolute Gasteiger partial charge is 0.494 e. The number of esters is 2. The zero-order chi connectivity index (χ0) is 51.5. The second kappa shape index (κ2) is 32.7. The summed E-state index contributed by atoms with van der Waals surface area (Å²) in [6, 6.07) is 27.6. The molecule has 18 heteroatoms. The van der Waals surface area contributed by atoms with Crippen LogP contribution in [0.3, 0.4) is 0 Å². The van der Waals surface area contributed by atoms with Gasteiger partial charge in [-0.3, -0.25) is 24.2 Å². The van der Waals surface area contributed by atoms with Gasteiger partial charge in [-0.2, -0.15) is 0 Å². The standard InChI is InChI=1S/C27H34N2O6.C20H23NO4.C7H13NO3.ClH/c1-4-24(30)25(27(32)33-3)28(2)26(31)22-8-6-20(7-9-22)21-10-12-23(13-11-21)35-17-5-14-29-15-18-34-19-16-29;22-20(23)18-4-2-16(3-5-18)17-6-8-19(9-7-17)25-13-1-10-21-11-14-24-15-12-21;1-4-5(9)6(8-2)7(10)11-3;/h6-13,25H,4-5,14-19H2,1-3H3;2-9H,1,10-15H2,(H,22,23);6,8H,4H2,1-3H3;1H. The molecular weight excluding hydrogens is 948 g/mol. The van der Waals surface area contributed by atoms with Crippen LogP contribution in [-0.4, -0.2) is 174 Å². The highest BCUT2D eigenvalue weighted by Gasteiger charge is 2.34. The summed E-state index contributed by atoms with van der Waals surface area (Å²) in [5.74, 6) is -1.45. The Balaban J connectivity index is 0.000000322. The van der Waals surface area contributed by atoms with E-state index in [9.17, 15) is 28.8 Å². The minimum absolute atomic E-state index is 0. The van der Waals surface area contributed by atoms with Crippen molar-refractivity contribution in [3.63, 3.8) is 0 Å². The molecule has 2 aliphatic heterocycles. The predicted molar refractivity (Wildman–Crippen MR) is 276 cm³/mol. The molecule has 2 atom stereocenters. The topological polar surface area (TPSA) is 200 Å². The quantitative estimate of drug-likeness (QED) is 0.0501. The van der Waals surface area contributed by atoms with E-state index in [-0.39, 0.29) is 30.4 Å². The van der Waals surface area contributed by atoms with Gasteiger partial charge in [-0.25, -0.2) is 14.4 Å². The molecule has 0 radical (unpaired) electrons. The van der Waals surface area contributed by atoms with Gasteiger partial charge >= 0.3 is 17.9 Å². The number of carbonyl (C=O) groups is 6. The Bertz CT molecular complexity index is 2240. The summed E-state index contributed by atoms with van der Waals surface area (Å²) in [6.07, 6.45) is 2.43. The Labute approximate surface area is 429 Å². The molecule has 2 heterocycles. The van der Waals surface area contributed by atoms with Crippen molar-refractivity contribution < 1.29 is 62.3 Å². The van der Waals surface area contributed by atoms with E-state index in [2.05, 4.69) is 19.9 Å². The van der Waals surface area contributed by atoms with Gasteiger partial charge in [0.15, 0.2) is 23.7 Å². The van der Waals surface area contributed by atoms with E-state index in [1.165, 1.54) is 21.3 Å². The summed E-state index contributed by atoms with van der Waals surface area (Å²) in [5, 5.41) is 11.5. The van der Waals surface area contributed by atoms with Crippen LogP contribution >= 0.6 is 12.4 Å². The summed E-state index contributed by atoms with van der Waals surface area (Å²) >= 11 is 0. The lowest BCUT2D eigenvalue weighted by atomic mass is 10.0. The van der Waals surface area contributed by atoms with Gasteiger partial charge in [0, 0.05) is 64.7 Å². The summed E-state index contributed by atoms with van der Waals surface area (Å²) in [6.45, 7) is 14.0. The Morgan fingerprint density at radius 1 is 0.597 bits per heavy atom. The zero-order valence-corrected chi connectivity index (χ0v) is 43.1. The van der Waals surface area contributed by atoms with Crippen LogP contribution in [0.1, 0.15) is 60.2 Å². The number of aromatic carboxylic acids is 1. The number of amides is 1. The third kappa shape index (κ3) is 19.4. The number of halogens is 1. The molecule has 392 valence electrons. The fraction of sp³-hybridized carbons (Fsp3) is 0.444. The highest BCUT2D eigenvalue weighted by atomic mass is 35.5. The second-order valence-corrected chi connectivity index (χ2v) is 16.5. The summed E-state index contributed by atoms with van der Waals surface area (Å²) in [5.41, 5.74) is 4.64. The van der Waals surface area contributed by atoms with Crippen molar-refractivity contribution in [3.8, 4) is 33.8 Å². The third-order valence-electron chi connectivity index (χ3n) is 11.8. The number of ketones is 2. The van der Waals surface area contributed by atoms with Crippen molar-refractivity contribution in [1.82, 2.24) is 20.0 Å². The van der Waals surface area contributed by atoms with Gasteiger partial charge < -0.3 is 43.7 Å². The molecule has 17 nitrogen and oxygen atoms in total. The highest BCUT2D eigenvalue weighted by molar-refractivity contribution is 6.08. The van der Waals surface area contributed by atoms with Crippen LogP contribution < -0.4 is 14.8 Å². The molecule has 4 aromatic carbocycles. The SMILES string of the molecule is CCC(=O)C(C(=O)OC)N(C)C(=O)c1ccc(-c2ccc(OCCCN3CCOCC3)cc2)cc1.CCC(=O)C(NC)C(=O)OC.Cl.O=C(O)c1ccc(-c2ccc(OCCCN3CCOCC3)cc2)cc1. The average molecular weight is 1020 g/mol. The molecular formula is C54H71ClN4O13. The Morgan fingerprint density at radius 3 is 1.32 bits per heavy atom. The van der Waals surface area contributed by atoms with Crippen molar-refractivity contribution in [2.75, 3.05) is 107 Å². The first kappa shape index (κ1) is 60.1. The average Bonchev–Trinajstić information content (AvgIpc) is 3.42. The maximum atomic E-state index is 12.9. The van der Waals surface area contributed by atoms with Gasteiger partial charge in [-0.1, -0.05) is 62.4 Å². The number of benzene rings is 4. The van der Waals surface area contributed by atoms with Crippen molar-refractivity contribution in [2.24, 2.45) is 0 Å². The van der Waals surface area contributed by atoms with Crippen molar-refractivity contribution >= 4 is 47.8 Å². The Hall–Kier alpha value is -6.21. The van der Waals surface area contributed by atoms with Crippen LogP contribution in [-0.2, 0) is 38.1 Å². The number of hydrogen-bond acceptors (Lipinski definition) is 15. The van der Waals surface area contributed by atoms with E-state index in [4.69, 9.17) is 28.8 Å². The third-order valence-corrected chi connectivity index (χ3v) is 11.8. The van der Waals surface area contributed by atoms with E-state index in [1.807, 2.05) is 72.8 Å². The molecule has 0 aromatic heterocycles. The molecule has 0 spiro atoms. The Morgan fingerprint density at radius 2 is 0.972 bits per heavy atom. The Kier molecular flexibility index (Phi) is 27.3. The number of carboxylic acid groups (broad SMARTS) is 1. The molecule has 72 heavy (non-hydrogen) atoms. The van der Waals surface area contributed by atoms with E-state index < -0.39 is 35.9 Å². The predicted octanol–water partition coefficient (Wildman–Crippen LogP) is 6.35. The minimum atomic E-state index is -1.25. The monoisotopic (exact) mass is 1020 g/mol. The van der Waals surface area contributed by atoms with E-state index >= 15 is 0 Å². The molecule has 2 unspecified atom stereocenters. The number of likely N-dealkylation sites (N-methyl/N-ethyl adjacent to an activating group) is 2. The van der Waals surface area contributed by atoms with Gasteiger partial charge in [-0.05, 0) is 90.7 Å². The lowest BCUT2D eigenvalue weighted by molar-refractivity contribution is -0.150. The molecule has 0 saturated carbocycles. The molecule has 2 fully saturated rings. The molecule has 2 N–H and O–H groups in total. The van der Waals surface area contributed by atoms with Crippen LogP contribution in [0.15, 0.2) is 97.1 Å². The van der Waals surface area contributed by atoms with Crippen LogP contribution in [0, 0.1) is 0 Å². The number of carbonyl (C=O) groups excluding carboxylic acids is 5. The first-order valence-corrected chi connectivity index (χ1v) is 24.0. The first-order chi connectivity index (χ1) is 34.3. The van der Waals surface area contributed by atoms with E-state index in [1.54, 1.807) is 45.2 Å². The second-order valence-electron chi connectivity index (χ2n) is 16.5. The lowest BCUT2D eigenvalue weighted by Gasteiger charge is -2.26. The lowest BCUT2D eigenvalue weighted by Crippen LogP contribution is -2.48. The van der Waals surface area contributed by atoms with Crippen molar-refractivity contribution in [2.45, 2.75) is 51.6 Å². The zero-order valence-electron chi connectivity index (χ0n) is 42.3. The smallest absolute Gasteiger partial charge is 0.336 e. The molecule has 1 amide bonds. The number of nitrogens with one attached hydrogen (secondary N) is 1. The maximum absolute atomic E-state index is 12.9. The van der Waals surface area contributed by atoms with Gasteiger partial charge in [0.1, 0.15) is 11.5 Å². The fourth-order valence-corrected chi connectivity index (χ4v) is 7.57. The number of ether oxygens (including phenoxy) is 6. The maximum Gasteiger partial charge on any atom is 0.336 e. The van der Waals surface area contributed by atoms with E-state index in [0.29, 0.717) is 30.8 Å². The van der Waals surface area contributed by atoms with E-state index in [0.717, 1.165) is 117 Å². The molecule has 0 aliphatic carbocycles. The molecule has 2 saturated heterocycles. The van der Waals surface area contributed by atoms with Crippen LogP contribution in [0.2, 0.25) is 0 Å². The van der Waals surface area contributed by atoms with Gasteiger partial charge in [0.2, 0.25) is 0 Å². The molecule has 6 rings (SSSR count). The molecule has 2 aliphatic rings. The number of methoxy groups -OCH3 is 2. The molecule has 4 aromatic rings. The van der Waals surface area contributed by atoms with Gasteiger partial charge in [0.25, 0.3) is 5.91 Å². The molecule has 0 bridgehead atoms. The van der Waals surface area contributed by atoms with Gasteiger partial charge in [0.05, 0.1) is 59.4 Å². The van der Waals surface area contributed by atoms with Crippen LogP contribution in [0.4, 0.5) is 0 Å². The van der Waals surface area contributed by atoms with Crippen LogP contribution in [0.5, 0.6) is 11.5 Å². The number of rotatable bonds is 22. The fourth-order valence-electron chi connectivity index (χ4n) is 7.57. The number of morpholine rings is 2.